The number of aromatic nitrogens is 1. The van der Waals surface area contributed by atoms with E-state index >= 15 is 0 Å². The second kappa shape index (κ2) is 9.97. The van der Waals surface area contributed by atoms with Gasteiger partial charge in [0.05, 0.1) is 38.9 Å². The molecule has 0 fully saturated rings. The molecule has 0 spiro atoms. The van der Waals surface area contributed by atoms with Gasteiger partial charge in [-0.15, -0.1) is 0 Å². The number of thiazole rings is 1. The number of furan rings is 1. The Labute approximate surface area is 230 Å². The number of allylic oxidation sites excluding steroid dienone is 1. The number of ether oxygens (including phenoxy) is 3. The Hall–Kier alpha value is -4.97. The number of fused-ring (bicyclic) bond motifs is 2. The number of esters is 1. The van der Waals surface area contributed by atoms with Crippen LogP contribution in [-0.4, -0.2) is 28.9 Å². The lowest BCUT2D eigenvalue weighted by Gasteiger charge is -2.24. The summed E-state index contributed by atoms with van der Waals surface area (Å²) in [6, 6.07) is 13.9. The number of benzene rings is 2. The molecule has 4 heterocycles. The van der Waals surface area contributed by atoms with Gasteiger partial charge in [-0.25, -0.2) is 9.79 Å². The quantitative estimate of drug-likeness (QED) is 0.198. The summed E-state index contributed by atoms with van der Waals surface area (Å²) < 4.78 is 23.9. The second-order valence-corrected chi connectivity index (χ2v) is 9.90. The monoisotopic (exact) mass is 559 g/mol. The highest BCUT2D eigenvalue weighted by Crippen LogP contribution is 2.38. The van der Waals surface area contributed by atoms with Crippen molar-refractivity contribution >= 4 is 29.1 Å². The third-order valence-corrected chi connectivity index (χ3v) is 7.48. The van der Waals surface area contributed by atoms with Crippen molar-refractivity contribution in [1.29, 1.82) is 0 Å². The molecular weight excluding hydrogens is 538 g/mol. The Morgan fingerprint density at radius 3 is 2.80 bits per heavy atom. The van der Waals surface area contributed by atoms with Crippen LogP contribution in [0.3, 0.4) is 0 Å². The van der Waals surface area contributed by atoms with E-state index in [1.165, 1.54) is 10.6 Å². The van der Waals surface area contributed by atoms with Crippen molar-refractivity contribution in [2.45, 2.75) is 19.9 Å². The summed E-state index contributed by atoms with van der Waals surface area (Å²) in [6.07, 6.45) is 1.56. The van der Waals surface area contributed by atoms with Gasteiger partial charge in [0.25, 0.3) is 11.2 Å². The highest BCUT2D eigenvalue weighted by Gasteiger charge is 2.34. The van der Waals surface area contributed by atoms with Crippen LogP contribution >= 0.6 is 11.3 Å². The number of para-hydroxylation sites is 1. The van der Waals surface area contributed by atoms with Gasteiger partial charge in [0.1, 0.15) is 11.5 Å². The smallest absolute Gasteiger partial charge is 0.338 e. The van der Waals surface area contributed by atoms with Gasteiger partial charge in [-0.1, -0.05) is 29.5 Å². The molecule has 0 bridgehead atoms. The van der Waals surface area contributed by atoms with Gasteiger partial charge in [0.15, 0.2) is 16.3 Å². The number of rotatable bonds is 6. The zero-order chi connectivity index (χ0) is 28.0. The molecule has 2 aromatic carbocycles. The largest absolute Gasteiger partial charge is 0.463 e. The maximum atomic E-state index is 13.8. The van der Waals surface area contributed by atoms with Crippen LogP contribution in [-0.2, 0) is 9.53 Å². The predicted octanol–water partition coefficient (Wildman–Crippen LogP) is 3.70. The normalized spacial score (nSPS) is 16.1. The highest BCUT2D eigenvalue weighted by atomic mass is 32.1. The molecule has 11 nitrogen and oxygen atoms in total. The molecule has 40 heavy (non-hydrogen) atoms. The molecule has 0 saturated carbocycles. The van der Waals surface area contributed by atoms with E-state index in [-0.39, 0.29) is 30.2 Å². The number of nitrogens with zero attached hydrogens (tertiary/aromatic N) is 3. The Morgan fingerprint density at radius 2 is 2.00 bits per heavy atom. The van der Waals surface area contributed by atoms with Crippen LogP contribution in [0.4, 0.5) is 5.69 Å². The highest BCUT2D eigenvalue weighted by molar-refractivity contribution is 7.07. The molecule has 202 valence electrons. The molecule has 6 rings (SSSR count). The van der Waals surface area contributed by atoms with Crippen LogP contribution in [0.5, 0.6) is 11.5 Å². The number of hydrogen-bond donors (Lipinski definition) is 0. The van der Waals surface area contributed by atoms with E-state index in [4.69, 9.17) is 18.6 Å². The lowest BCUT2D eigenvalue weighted by atomic mass is 9.95. The van der Waals surface area contributed by atoms with Crippen LogP contribution in [0.1, 0.15) is 31.2 Å². The molecule has 0 saturated heterocycles. The zero-order valence-corrected chi connectivity index (χ0v) is 22.1. The molecule has 0 N–H and O–H groups in total. The molecular formula is C28H21N3O8S. The maximum Gasteiger partial charge on any atom is 0.338 e. The van der Waals surface area contributed by atoms with Crippen molar-refractivity contribution in [1.82, 2.24) is 4.57 Å². The summed E-state index contributed by atoms with van der Waals surface area (Å²) in [7, 11) is 0. The molecule has 4 aromatic rings. The lowest BCUT2D eigenvalue weighted by molar-refractivity contribution is -0.384. The fourth-order valence-corrected chi connectivity index (χ4v) is 5.76. The van der Waals surface area contributed by atoms with Gasteiger partial charge in [-0.2, -0.15) is 0 Å². The molecule has 0 radical (unpaired) electrons. The number of nitro groups is 1. The van der Waals surface area contributed by atoms with E-state index in [0.717, 1.165) is 11.3 Å². The molecule has 2 aliphatic heterocycles. The van der Waals surface area contributed by atoms with Gasteiger partial charge < -0.3 is 18.6 Å². The van der Waals surface area contributed by atoms with Gasteiger partial charge in [-0.3, -0.25) is 19.5 Å². The predicted molar refractivity (Wildman–Crippen MR) is 144 cm³/mol. The summed E-state index contributed by atoms with van der Waals surface area (Å²) in [5.74, 6) is 1.14. The van der Waals surface area contributed by atoms with Gasteiger partial charge in [-0.05, 0) is 49.7 Å². The number of carbonyl (C=O) groups is 1. The Kier molecular flexibility index (Phi) is 6.31. The minimum Gasteiger partial charge on any atom is -0.463 e. The van der Waals surface area contributed by atoms with Gasteiger partial charge in [0, 0.05) is 12.1 Å². The number of hydrogen-bond acceptors (Lipinski definition) is 10. The van der Waals surface area contributed by atoms with E-state index in [1.54, 1.807) is 68.5 Å². The minimum absolute atomic E-state index is 0.0818. The van der Waals surface area contributed by atoms with Crippen molar-refractivity contribution in [3.63, 3.8) is 0 Å². The van der Waals surface area contributed by atoms with Crippen LogP contribution < -0.4 is 24.4 Å². The average Bonchev–Trinajstić information content (AvgIpc) is 3.67. The third-order valence-electron chi connectivity index (χ3n) is 6.50. The molecule has 1 unspecified atom stereocenters. The summed E-state index contributed by atoms with van der Waals surface area (Å²) in [4.78, 5) is 42.8. The first kappa shape index (κ1) is 25.3. The summed E-state index contributed by atoms with van der Waals surface area (Å²) in [5.41, 5.74) is 1.16. The zero-order valence-electron chi connectivity index (χ0n) is 21.3. The fraction of sp³-hybridized carbons (Fsp3) is 0.179. The fourth-order valence-electron chi connectivity index (χ4n) is 4.74. The van der Waals surface area contributed by atoms with Crippen molar-refractivity contribution in [2.24, 2.45) is 4.99 Å². The molecule has 2 aliphatic rings. The first-order valence-corrected chi connectivity index (χ1v) is 13.1. The Morgan fingerprint density at radius 1 is 1.20 bits per heavy atom. The standard InChI is InChI=1S/C28H21N3O8S/c1-3-36-27(33)24-15(2)29-28-30(25(24)16-8-10-21-22(12-16)38-14-37-21)26(32)23(40-28)13-17-9-11-20(39-17)18-6-4-5-7-19(18)31(34)35/h4-13,25H,3,14H2,1-2H3. The van der Waals surface area contributed by atoms with E-state index in [1.807, 2.05) is 0 Å². The second-order valence-electron chi connectivity index (χ2n) is 8.89. The number of carbonyl (C=O) groups excluding carboxylic acids is 1. The van der Waals surface area contributed by atoms with Crippen molar-refractivity contribution in [3.05, 3.63) is 107 Å². The summed E-state index contributed by atoms with van der Waals surface area (Å²) in [5, 5.41) is 11.5. The molecule has 0 amide bonds. The summed E-state index contributed by atoms with van der Waals surface area (Å²) in [6.45, 7) is 3.65. The Bertz CT molecular complexity index is 1900. The van der Waals surface area contributed by atoms with Crippen LogP contribution in [0.15, 0.2) is 80.1 Å². The summed E-state index contributed by atoms with van der Waals surface area (Å²) >= 11 is 1.14. The van der Waals surface area contributed by atoms with Crippen molar-refractivity contribution in [2.75, 3.05) is 13.4 Å². The van der Waals surface area contributed by atoms with Crippen molar-refractivity contribution < 1.29 is 28.3 Å². The van der Waals surface area contributed by atoms with E-state index in [2.05, 4.69) is 4.99 Å². The van der Waals surface area contributed by atoms with Crippen molar-refractivity contribution in [3.8, 4) is 22.8 Å². The minimum atomic E-state index is -0.814. The molecule has 2 aromatic heterocycles. The first-order chi connectivity index (χ1) is 19.4. The first-order valence-electron chi connectivity index (χ1n) is 12.3. The van der Waals surface area contributed by atoms with Gasteiger partial charge in [0.2, 0.25) is 6.79 Å². The van der Waals surface area contributed by atoms with E-state index in [9.17, 15) is 19.7 Å². The van der Waals surface area contributed by atoms with Crippen LogP contribution in [0.2, 0.25) is 0 Å². The van der Waals surface area contributed by atoms with Crippen LogP contribution in [0.25, 0.3) is 17.4 Å². The number of nitro benzene ring substituents is 1. The van der Waals surface area contributed by atoms with E-state index < -0.39 is 16.9 Å². The van der Waals surface area contributed by atoms with Gasteiger partial charge >= 0.3 is 5.97 Å². The third kappa shape index (κ3) is 4.28. The van der Waals surface area contributed by atoms with E-state index in [0.29, 0.717) is 49.2 Å². The maximum absolute atomic E-state index is 13.8. The molecule has 0 aliphatic carbocycles. The topological polar surface area (TPSA) is 135 Å². The average molecular weight is 560 g/mol. The van der Waals surface area contributed by atoms with Crippen LogP contribution in [0, 0.1) is 10.1 Å². The molecule has 1 atom stereocenters. The Balaban J connectivity index is 1.48. The molecule has 12 heteroatoms. The lowest BCUT2D eigenvalue weighted by Crippen LogP contribution is -2.39. The SMILES string of the molecule is CCOC(=O)C1=C(C)N=c2sc(=Cc3ccc(-c4ccccc4[N+](=O)[O-])o3)c(=O)n2C1c1ccc2c(c1)OCO2.